The number of ether oxygens (including phenoxy) is 2. The minimum absolute atomic E-state index is 0.0725. The molecule has 0 spiro atoms. The van der Waals surface area contributed by atoms with Crippen molar-refractivity contribution in [3.05, 3.63) is 0 Å². The lowest BCUT2D eigenvalue weighted by molar-refractivity contribution is -0.246. The van der Waals surface area contributed by atoms with Crippen LogP contribution in [0.4, 0.5) is 0 Å². The number of hydrogen-bond acceptors (Lipinski definition) is 8. The van der Waals surface area contributed by atoms with Crippen LogP contribution in [0.1, 0.15) is 72.6 Å². The van der Waals surface area contributed by atoms with Crippen molar-refractivity contribution in [3.8, 4) is 0 Å². The normalized spacial score (nSPS) is 28.6. The van der Waals surface area contributed by atoms with Gasteiger partial charge in [-0.15, -0.1) is 5.06 Å². The molecule has 6 unspecified atom stereocenters. The van der Waals surface area contributed by atoms with Crippen LogP contribution in [0.5, 0.6) is 0 Å². The molecule has 10 heteroatoms. The maximum absolute atomic E-state index is 12.0. The molecule has 0 aromatic rings. The van der Waals surface area contributed by atoms with Gasteiger partial charge in [0.2, 0.25) is 5.91 Å². The van der Waals surface area contributed by atoms with Gasteiger partial charge in [0, 0.05) is 44.8 Å². The fourth-order valence-electron chi connectivity index (χ4n) is 3.93. The smallest absolute Gasteiger partial charge is 0.333 e. The summed E-state index contributed by atoms with van der Waals surface area (Å²) in [5.41, 5.74) is 0. The Kier molecular flexibility index (Phi) is 10.7. The highest BCUT2D eigenvalue weighted by molar-refractivity contribution is 6.01. The topological polar surface area (TPSA) is 131 Å². The fourth-order valence-corrected chi connectivity index (χ4v) is 3.93. The second-order valence-electron chi connectivity index (χ2n) is 9.19. The van der Waals surface area contributed by atoms with Gasteiger partial charge >= 0.3 is 5.97 Å². The molecule has 2 aliphatic heterocycles. The first kappa shape index (κ1) is 27.2. The van der Waals surface area contributed by atoms with Gasteiger partial charge in [-0.25, -0.2) is 4.79 Å². The largest absolute Gasteiger partial charge is 0.393 e. The molecule has 2 aliphatic rings. The monoisotopic (exact) mass is 470 g/mol. The second-order valence-corrected chi connectivity index (χ2v) is 9.19. The highest BCUT2D eigenvalue weighted by Gasteiger charge is 2.39. The average molecular weight is 471 g/mol. The number of nitrogens with one attached hydrogen (secondary N) is 1. The van der Waals surface area contributed by atoms with Gasteiger partial charge in [-0.1, -0.05) is 20.8 Å². The first-order valence-electron chi connectivity index (χ1n) is 11.9. The van der Waals surface area contributed by atoms with Crippen molar-refractivity contribution in [3.63, 3.8) is 0 Å². The molecule has 3 amide bonds. The number of unbranched alkanes of at least 4 members (excludes halogenated alkanes) is 1. The summed E-state index contributed by atoms with van der Waals surface area (Å²) in [7, 11) is 0. The summed E-state index contributed by atoms with van der Waals surface area (Å²) in [5, 5.41) is 12.8. The molecular formula is C23H38N2O8. The second kappa shape index (κ2) is 13.0. The van der Waals surface area contributed by atoms with Gasteiger partial charge in [0.1, 0.15) is 0 Å². The highest BCUT2D eigenvalue weighted by Crippen LogP contribution is 2.35. The molecule has 0 aliphatic carbocycles. The van der Waals surface area contributed by atoms with E-state index in [2.05, 4.69) is 26.1 Å². The summed E-state index contributed by atoms with van der Waals surface area (Å²) in [4.78, 5) is 51.7. The zero-order chi connectivity index (χ0) is 24.5. The molecular weight excluding hydrogens is 432 g/mol. The van der Waals surface area contributed by atoms with Gasteiger partial charge in [0.15, 0.2) is 6.29 Å². The predicted molar refractivity (Wildman–Crippen MR) is 117 cm³/mol. The first-order valence-corrected chi connectivity index (χ1v) is 11.9. The van der Waals surface area contributed by atoms with E-state index in [9.17, 15) is 24.3 Å². The molecule has 2 saturated heterocycles. The quantitative estimate of drug-likeness (QED) is 0.325. The molecule has 10 nitrogen and oxygen atoms in total. The Bertz CT molecular complexity index is 682. The third kappa shape index (κ3) is 8.35. The Hall–Kier alpha value is -2.04. The number of amides is 3. The van der Waals surface area contributed by atoms with Crippen LogP contribution in [0, 0.1) is 17.8 Å². The lowest BCUT2D eigenvalue weighted by Gasteiger charge is -2.43. The zero-order valence-electron chi connectivity index (χ0n) is 20.1. The number of carbonyl (C=O) groups excluding carboxylic acids is 4. The molecule has 2 N–H and O–H groups in total. The maximum atomic E-state index is 12.0. The molecule has 2 heterocycles. The minimum atomic E-state index is -0.616. The fraction of sp³-hybridized carbons (Fsp3) is 0.826. The van der Waals surface area contributed by atoms with E-state index in [-0.39, 0.29) is 49.5 Å². The Labute approximate surface area is 195 Å². The molecule has 0 aromatic heterocycles. The Morgan fingerprint density at radius 1 is 1.09 bits per heavy atom. The predicted octanol–water partition coefficient (Wildman–Crippen LogP) is 1.69. The van der Waals surface area contributed by atoms with Crippen LogP contribution in [-0.4, -0.2) is 65.5 Å². The van der Waals surface area contributed by atoms with Crippen LogP contribution in [0.25, 0.3) is 0 Å². The SMILES string of the molecule is CC(O)CCC(=O)NCC1OC(OCCCCC(=O)ON2C(=O)CCC2=O)C(C)C(C)C1C. The molecule has 0 bridgehead atoms. The van der Waals surface area contributed by atoms with Crippen molar-refractivity contribution in [2.45, 2.75) is 91.1 Å². The standard InChI is InChI=1S/C23H38N2O8/c1-14(26)8-9-19(27)24-13-18-16(3)15(2)17(4)23(32-18)31-12-6-5-7-22(30)33-25-20(28)10-11-21(25)29/h14-18,23,26H,5-13H2,1-4H3,(H,24,27). The number of imide groups is 1. The molecule has 188 valence electrons. The van der Waals surface area contributed by atoms with Gasteiger partial charge < -0.3 is 24.7 Å². The van der Waals surface area contributed by atoms with Crippen molar-refractivity contribution in [1.82, 2.24) is 10.4 Å². The van der Waals surface area contributed by atoms with E-state index in [0.29, 0.717) is 43.4 Å². The molecule has 0 aromatic carbocycles. The van der Waals surface area contributed by atoms with Gasteiger partial charge in [0.25, 0.3) is 11.8 Å². The van der Waals surface area contributed by atoms with Crippen molar-refractivity contribution < 1.29 is 38.6 Å². The summed E-state index contributed by atoms with van der Waals surface area (Å²) >= 11 is 0. The molecule has 0 radical (unpaired) electrons. The van der Waals surface area contributed by atoms with Gasteiger partial charge in [-0.2, -0.15) is 0 Å². The number of hydrogen-bond donors (Lipinski definition) is 2. The lowest BCUT2D eigenvalue weighted by Crippen LogP contribution is -2.50. The van der Waals surface area contributed by atoms with E-state index in [0.717, 1.165) is 0 Å². The van der Waals surface area contributed by atoms with Crippen LogP contribution in [0.15, 0.2) is 0 Å². The lowest BCUT2D eigenvalue weighted by atomic mass is 9.79. The van der Waals surface area contributed by atoms with E-state index in [1.165, 1.54) is 0 Å². The summed E-state index contributed by atoms with van der Waals surface area (Å²) in [6.07, 6.45) is 0.898. The van der Waals surface area contributed by atoms with E-state index in [1.54, 1.807) is 6.92 Å². The minimum Gasteiger partial charge on any atom is -0.393 e. The summed E-state index contributed by atoms with van der Waals surface area (Å²) in [6, 6.07) is 0. The molecule has 0 saturated carbocycles. The van der Waals surface area contributed by atoms with Crippen molar-refractivity contribution in [2.24, 2.45) is 17.8 Å². The Morgan fingerprint density at radius 3 is 2.39 bits per heavy atom. The van der Waals surface area contributed by atoms with E-state index < -0.39 is 30.2 Å². The van der Waals surface area contributed by atoms with Crippen molar-refractivity contribution in [1.29, 1.82) is 0 Å². The zero-order valence-corrected chi connectivity index (χ0v) is 20.1. The summed E-state index contributed by atoms with van der Waals surface area (Å²) < 4.78 is 12.1. The van der Waals surface area contributed by atoms with E-state index in [1.807, 2.05) is 0 Å². The Morgan fingerprint density at radius 2 is 1.76 bits per heavy atom. The number of carbonyl (C=O) groups is 4. The van der Waals surface area contributed by atoms with Crippen LogP contribution in [0.2, 0.25) is 0 Å². The molecule has 2 rings (SSSR count). The summed E-state index contributed by atoms with van der Waals surface area (Å²) in [5.74, 6) is -0.973. The van der Waals surface area contributed by atoms with Gasteiger partial charge in [0.05, 0.1) is 12.2 Å². The number of aliphatic hydroxyl groups is 1. The third-order valence-corrected chi connectivity index (χ3v) is 6.53. The first-order chi connectivity index (χ1) is 15.6. The third-order valence-electron chi connectivity index (χ3n) is 6.53. The highest BCUT2D eigenvalue weighted by atomic mass is 16.7. The average Bonchev–Trinajstić information content (AvgIpc) is 3.08. The summed E-state index contributed by atoms with van der Waals surface area (Å²) in [6.45, 7) is 8.75. The van der Waals surface area contributed by atoms with Crippen LogP contribution >= 0.6 is 0 Å². The number of hydroxylamine groups is 2. The van der Waals surface area contributed by atoms with Crippen LogP contribution < -0.4 is 5.32 Å². The van der Waals surface area contributed by atoms with E-state index in [4.69, 9.17) is 14.3 Å². The van der Waals surface area contributed by atoms with Gasteiger partial charge in [-0.05, 0) is 38.0 Å². The number of nitrogens with zero attached hydrogens (tertiary/aromatic N) is 1. The number of aliphatic hydroxyl groups excluding tert-OH is 1. The Balaban J connectivity index is 1.69. The number of rotatable bonds is 12. The van der Waals surface area contributed by atoms with Gasteiger partial charge in [-0.3, -0.25) is 14.4 Å². The van der Waals surface area contributed by atoms with Crippen LogP contribution in [-0.2, 0) is 33.5 Å². The van der Waals surface area contributed by atoms with E-state index >= 15 is 0 Å². The maximum Gasteiger partial charge on any atom is 0.333 e. The van der Waals surface area contributed by atoms with Crippen molar-refractivity contribution in [2.75, 3.05) is 13.2 Å². The molecule has 6 atom stereocenters. The molecule has 33 heavy (non-hydrogen) atoms. The van der Waals surface area contributed by atoms with Crippen molar-refractivity contribution >= 4 is 23.7 Å². The molecule has 2 fully saturated rings. The van der Waals surface area contributed by atoms with Crippen LogP contribution in [0.3, 0.4) is 0 Å².